The number of hydrogen-bond acceptors (Lipinski definition) is 4. The van der Waals surface area contributed by atoms with Gasteiger partial charge in [0.1, 0.15) is 0 Å². The van der Waals surface area contributed by atoms with Crippen molar-refractivity contribution in [3.63, 3.8) is 0 Å². The van der Waals surface area contributed by atoms with Gasteiger partial charge in [0, 0.05) is 23.2 Å². The average Bonchev–Trinajstić information content (AvgIpc) is 2.84. The van der Waals surface area contributed by atoms with E-state index in [2.05, 4.69) is 21.3 Å². The molecule has 0 saturated heterocycles. The van der Waals surface area contributed by atoms with Crippen LogP contribution in [-0.4, -0.2) is 35.7 Å². The van der Waals surface area contributed by atoms with Gasteiger partial charge >= 0.3 is 0 Å². The highest BCUT2D eigenvalue weighted by Crippen LogP contribution is 2.19. The van der Waals surface area contributed by atoms with Crippen molar-refractivity contribution >= 4 is 35.0 Å². The molecule has 3 rings (SSSR count). The molecule has 0 atom stereocenters. The smallest absolute Gasteiger partial charge is 0.255 e. The predicted octanol–water partition coefficient (Wildman–Crippen LogP) is 4.47. The number of carbonyl (C=O) groups excluding carboxylic acids is 4. The lowest BCUT2D eigenvalue weighted by Crippen LogP contribution is -2.31. The van der Waals surface area contributed by atoms with Crippen LogP contribution in [-0.2, 0) is 0 Å². The summed E-state index contributed by atoms with van der Waals surface area (Å²) in [4.78, 5) is 50.5. The van der Waals surface area contributed by atoms with Gasteiger partial charge in [0.15, 0.2) is 0 Å². The van der Waals surface area contributed by atoms with Gasteiger partial charge in [0.2, 0.25) is 0 Å². The maximum absolute atomic E-state index is 12.8. The largest absolute Gasteiger partial charge is 0.350 e. The van der Waals surface area contributed by atoms with Crippen molar-refractivity contribution in [2.24, 2.45) is 0 Å². The molecule has 0 heterocycles. The summed E-state index contributed by atoms with van der Waals surface area (Å²) in [5.41, 5.74) is 2.13. The van der Waals surface area contributed by atoms with Crippen LogP contribution in [0.5, 0.6) is 0 Å². The van der Waals surface area contributed by atoms with E-state index in [1.54, 1.807) is 48.5 Å². The molecule has 0 spiro atoms. The van der Waals surface area contributed by atoms with E-state index in [0.29, 0.717) is 33.6 Å². The molecule has 0 aliphatic rings. The Bertz CT molecular complexity index is 1170. The minimum Gasteiger partial charge on any atom is -0.350 e. The Kier molecular flexibility index (Phi) is 8.57. The van der Waals surface area contributed by atoms with E-state index in [1.807, 2.05) is 27.7 Å². The van der Waals surface area contributed by atoms with Crippen LogP contribution >= 0.6 is 0 Å². The van der Waals surface area contributed by atoms with Gasteiger partial charge in [-0.15, -0.1) is 0 Å². The third kappa shape index (κ3) is 6.79. The summed E-state index contributed by atoms with van der Waals surface area (Å²) in [6, 6.07) is 19.5. The fourth-order valence-electron chi connectivity index (χ4n) is 3.42. The number of anilines is 2. The molecule has 36 heavy (non-hydrogen) atoms. The molecule has 4 amide bonds. The highest BCUT2D eigenvalue weighted by Gasteiger charge is 2.17. The summed E-state index contributed by atoms with van der Waals surface area (Å²) in [5, 5.41) is 11.1. The summed E-state index contributed by atoms with van der Waals surface area (Å²) in [7, 11) is 0. The number of carbonyl (C=O) groups is 4. The van der Waals surface area contributed by atoms with E-state index in [-0.39, 0.29) is 23.9 Å². The average molecular weight is 487 g/mol. The first kappa shape index (κ1) is 26.2. The molecule has 0 fully saturated rings. The van der Waals surface area contributed by atoms with Crippen LogP contribution in [0.3, 0.4) is 0 Å². The Morgan fingerprint density at radius 1 is 0.500 bits per heavy atom. The molecule has 3 aromatic carbocycles. The van der Waals surface area contributed by atoms with Crippen molar-refractivity contribution in [1.29, 1.82) is 0 Å². The van der Waals surface area contributed by atoms with Crippen LogP contribution in [0, 0.1) is 0 Å². The quantitative estimate of drug-likeness (QED) is 0.376. The second-order valence-electron chi connectivity index (χ2n) is 8.83. The van der Waals surface area contributed by atoms with Crippen molar-refractivity contribution < 1.29 is 19.2 Å². The maximum atomic E-state index is 12.8. The molecule has 0 radical (unpaired) electrons. The Hall–Kier alpha value is -4.46. The van der Waals surface area contributed by atoms with Gasteiger partial charge in [-0.05, 0) is 76.2 Å². The van der Waals surface area contributed by atoms with Crippen molar-refractivity contribution in [1.82, 2.24) is 10.6 Å². The zero-order chi connectivity index (χ0) is 26.2. The van der Waals surface area contributed by atoms with E-state index < -0.39 is 11.8 Å². The highest BCUT2D eigenvalue weighted by atomic mass is 16.2. The van der Waals surface area contributed by atoms with Gasteiger partial charge in [-0.3, -0.25) is 19.2 Å². The van der Waals surface area contributed by atoms with E-state index in [9.17, 15) is 19.2 Å². The Balaban J connectivity index is 1.71. The van der Waals surface area contributed by atoms with Gasteiger partial charge in [-0.25, -0.2) is 0 Å². The van der Waals surface area contributed by atoms with Crippen molar-refractivity contribution in [2.75, 3.05) is 10.6 Å². The van der Waals surface area contributed by atoms with E-state index >= 15 is 0 Å². The standard InChI is InChI=1S/C28H30N4O4/c1-17(2)29-27(35)21-9-5-7-11-23(21)31-25(33)19-13-15-20(16-14-19)26(34)32-24-12-8-6-10-22(24)28(36)30-18(3)4/h5-18H,1-4H3,(H,29,35)(H,30,36)(H,31,33)(H,32,34). The van der Waals surface area contributed by atoms with Crippen LogP contribution in [0.15, 0.2) is 72.8 Å². The third-order valence-electron chi connectivity index (χ3n) is 5.09. The molecule has 8 heteroatoms. The zero-order valence-electron chi connectivity index (χ0n) is 20.7. The molecule has 4 N–H and O–H groups in total. The molecule has 0 bridgehead atoms. The Morgan fingerprint density at radius 3 is 1.17 bits per heavy atom. The number of rotatable bonds is 8. The van der Waals surface area contributed by atoms with Gasteiger partial charge in [-0.1, -0.05) is 24.3 Å². The first-order chi connectivity index (χ1) is 17.2. The van der Waals surface area contributed by atoms with Gasteiger partial charge in [0.05, 0.1) is 22.5 Å². The number of para-hydroxylation sites is 2. The lowest BCUT2D eigenvalue weighted by Gasteiger charge is -2.14. The minimum atomic E-state index is -0.414. The second kappa shape index (κ2) is 11.8. The summed E-state index contributed by atoms with van der Waals surface area (Å²) in [6.07, 6.45) is 0. The first-order valence-corrected chi connectivity index (χ1v) is 11.7. The fourth-order valence-corrected chi connectivity index (χ4v) is 3.42. The van der Waals surface area contributed by atoms with Crippen LogP contribution in [0.4, 0.5) is 11.4 Å². The number of nitrogens with one attached hydrogen (secondary N) is 4. The molecule has 0 saturated carbocycles. The third-order valence-corrected chi connectivity index (χ3v) is 5.09. The summed E-state index contributed by atoms with van der Waals surface area (Å²) in [6.45, 7) is 7.43. The molecule has 8 nitrogen and oxygen atoms in total. The predicted molar refractivity (Wildman–Crippen MR) is 140 cm³/mol. The molecular weight excluding hydrogens is 456 g/mol. The number of benzene rings is 3. The minimum absolute atomic E-state index is 0.0449. The zero-order valence-corrected chi connectivity index (χ0v) is 20.7. The first-order valence-electron chi connectivity index (χ1n) is 11.7. The Morgan fingerprint density at radius 2 is 0.833 bits per heavy atom. The molecule has 0 unspecified atom stereocenters. The van der Waals surface area contributed by atoms with Gasteiger partial charge in [-0.2, -0.15) is 0 Å². The normalized spacial score (nSPS) is 10.6. The lowest BCUT2D eigenvalue weighted by atomic mass is 10.1. The molecular formula is C28H30N4O4. The molecule has 3 aromatic rings. The van der Waals surface area contributed by atoms with Crippen molar-refractivity contribution in [3.8, 4) is 0 Å². The molecule has 0 aliphatic heterocycles. The van der Waals surface area contributed by atoms with Crippen molar-refractivity contribution in [3.05, 3.63) is 95.1 Å². The van der Waals surface area contributed by atoms with Gasteiger partial charge < -0.3 is 21.3 Å². The highest BCUT2D eigenvalue weighted by molar-refractivity contribution is 6.11. The molecule has 0 aromatic heterocycles. The Labute approximate surface area is 210 Å². The number of hydrogen-bond donors (Lipinski definition) is 4. The van der Waals surface area contributed by atoms with E-state index in [1.165, 1.54) is 24.3 Å². The fraction of sp³-hybridized carbons (Fsp3) is 0.214. The summed E-state index contributed by atoms with van der Waals surface area (Å²) >= 11 is 0. The van der Waals surface area contributed by atoms with E-state index in [0.717, 1.165) is 0 Å². The summed E-state index contributed by atoms with van der Waals surface area (Å²) in [5.74, 6) is -1.39. The molecule has 0 aliphatic carbocycles. The topological polar surface area (TPSA) is 116 Å². The number of amides is 4. The maximum Gasteiger partial charge on any atom is 0.255 e. The molecule has 186 valence electrons. The van der Waals surface area contributed by atoms with E-state index in [4.69, 9.17) is 0 Å². The lowest BCUT2D eigenvalue weighted by molar-refractivity contribution is 0.0934. The second-order valence-corrected chi connectivity index (χ2v) is 8.83. The SMILES string of the molecule is CC(C)NC(=O)c1ccccc1NC(=O)c1ccc(C(=O)Nc2ccccc2C(=O)NC(C)C)cc1. The van der Waals surface area contributed by atoms with Gasteiger partial charge in [0.25, 0.3) is 23.6 Å². The van der Waals surface area contributed by atoms with Crippen LogP contribution in [0.1, 0.15) is 69.1 Å². The van der Waals surface area contributed by atoms with Crippen LogP contribution in [0.25, 0.3) is 0 Å². The summed E-state index contributed by atoms with van der Waals surface area (Å²) < 4.78 is 0. The van der Waals surface area contributed by atoms with Crippen molar-refractivity contribution in [2.45, 2.75) is 39.8 Å². The van der Waals surface area contributed by atoms with Crippen LogP contribution < -0.4 is 21.3 Å². The monoisotopic (exact) mass is 486 g/mol. The van der Waals surface area contributed by atoms with Crippen LogP contribution in [0.2, 0.25) is 0 Å².